The predicted molar refractivity (Wildman–Crippen MR) is 90.0 cm³/mol. The van der Waals surface area contributed by atoms with E-state index in [4.69, 9.17) is 0 Å². The molecule has 0 amide bonds. The van der Waals surface area contributed by atoms with Gasteiger partial charge in [-0.3, -0.25) is 4.79 Å². The van der Waals surface area contributed by atoms with Crippen LogP contribution in [0.15, 0.2) is 54.6 Å². The molecule has 1 heterocycles. The Labute approximate surface area is 136 Å². The van der Waals surface area contributed by atoms with Gasteiger partial charge in [0.1, 0.15) is 5.82 Å². The summed E-state index contributed by atoms with van der Waals surface area (Å²) >= 11 is 0. The third kappa shape index (κ3) is 4.26. The van der Waals surface area contributed by atoms with Crippen molar-refractivity contribution in [2.24, 2.45) is 5.92 Å². The van der Waals surface area contributed by atoms with Crippen LogP contribution in [0, 0.1) is 11.7 Å². The minimum Gasteiger partial charge on any atom is -0.303 e. The average molecular weight is 311 g/mol. The van der Waals surface area contributed by atoms with Crippen LogP contribution in [0.1, 0.15) is 28.8 Å². The Kier molecular flexibility index (Phi) is 5.19. The van der Waals surface area contributed by atoms with Gasteiger partial charge in [0.25, 0.3) is 0 Å². The van der Waals surface area contributed by atoms with Gasteiger partial charge in [-0.05, 0) is 62.2 Å². The number of rotatable bonds is 5. The van der Waals surface area contributed by atoms with Crippen LogP contribution in [0.4, 0.5) is 4.39 Å². The monoisotopic (exact) mass is 311 g/mol. The third-order valence-electron chi connectivity index (χ3n) is 4.65. The Balaban J connectivity index is 1.48. The van der Waals surface area contributed by atoms with Crippen molar-refractivity contribution in [1.29, 1.82) is 0 Å². The van der Waals surface area contributed by atoms with E-state index in [0.29, 0.717) is 5.56 Å². The third-order valence-corrected chi connectivity index (χ3v) is 4.65. The van der Waals surface area contributed by atoms with Gasteiger partial charge in [0.05, 0.1) is 0 Å². The Morgan fingerprint density at radius 3 is 2.30 bits per heavy atom. The van der Waals surface area contributed by atoms with E-state index >= 15 is 0 Å². The van der Waals surface area contributed by atoms with E-state index < -0.39 is 0 Å². The fraction of sp³-hybridized carbons (Fsp3) is 0.350. The summed E-state index contributed by atoms with van der Waals surface area (Å²) in [4.78, 5) is 14.9. The summed E-state index contributed by atoms with van der Waals surface area (Å²) in [6.07, 6.45) is 2.84. The number of hydrogen-bond acceptors (Lipinski definition) is 2. The lowest BCUT2D eigenvalue weighted by atomic mass is 9.89. The summed E-state index contributed by atoms with van der Waals surface area (Å²) in [6, 6.07) is 16.4. The summed E-state index contributed by atoms with van der Waals surface area (Å²) in [5.41, 5.74) is 1.99. The Morgan fingerprint density at radius 2 is 1.65 bits per heavy atom. The van der Waals surface area contributed by atoms with Gasteiger partial charge in [0.2, 0.25) is 0 Å². The number of Topliss-reactive ketones (excluding diaryl/α,β-unsaturated/α-hetero) is 1. The molecule has 0 aromatic heterocycles. The zero-order chi connectivity index (χ0) is 16.1. The number of piperidine rings is 1. The van der Waals surface area contributed by atoms with Gasteiger partial charge in [0, 0.05) is 18.0 Å². The van der Waals surface area contributed by atoms with Gasteiger partial charge in [-0.15, -0.1) is 0 Å². The lowest BCUT2D eigenvalue weighted by molar-refractivity contribution is 0.0841. The lowest BCUT2D eigenvalue weighted by Gasteiger charge is -2.31. The number of likely N-dealkylation sites (tertiary alicyclic amines) is 1. The van der Waals surface area contributed by atoms with Gasteiger partial charge >= 0.3 is 0 Å². The topological polar surface area (TPSA) is 20.3 Å². The van der Waals surface area contributed by atoms with Crippen molar-refractivity contribution in [3.8, 4) is 0 Å². The molecule has 120 valence electrons. The molecule has 0 atom stereocenters. The number of benzene rings is 2. The van der Waals surface area contributed by atoms with Crippen LogP contribution in [-0.4, -0.2) is 30.3 Å². The van der Waals surface area contributed by atoms with Gasteiger partial charge in [-0.1, -0.05) is 30.3 Å². The first-order valence-corrected chi connectivity index (χ1v) is 8.28. The van der Waals surface area contributed by atoms with Gasteiger partial charge in [0.15, 0.2) is 5.78 Å². The van der Waals surface area contributed by atoms with Crippen molar-refractivity contribution < 1.29 is 9.18 Å². The highest BCUT2D eigenvalue weighted by Crippen LogP contribution is 2.22. The van der Waals surface area contributed by atoms with Crippen LogP contribution >= 0.6 is 0 Å². The van der Waals surface area contributed by atoms with Crippen molar-refractivity contribution in [3.05, 3.63) is 71.5 Å². The molecule has 0 radical (unpaired) electrons. The van der Waals surface area contributed by atoms with E-state index in [-0.39, 0.29) is 17.5 Å². The van der Waals surface area contributed by atoms with Crippen LogP contribution in [-0.2, 0) is 6.42 Å². The Hall–Kier alpha value is -2.00. The van der Waals surface area contributed by atoms with E-state index in [1.807, 2.05) is 6.07 Å². The van der Waals surface area contributed by atoms with Crippen LogP contribution in [0.2, 0.25) is 0 Å². The van der Waals surface area contributed by atoms with Gasteiger partial charge in [-0.2, -0.15) is 0 Å². The molecule has 1 saturated heterocycles. The van der Waals surface area contributed by atoms with E-state index in [0.717, 1.165) is 38.9 Å². The number of ketones is 1. The van der Waals surface area contributed by atoms with Crippen LogP contribution in [0.25, 0.3) is 0 Å². The van der Waals surface area contributed by atoms with E-state index in [1.165, 1.54) is 17.7 Å². The second kappa shape index (κ2) is 7.51. The molecule has 3 rings (SSSR count). The molecule has 0 aliphatic carbocycles. The molecule has 1 fully saturated rings. The van der Waals surface area contributed by atoms with Crippen molar-refractivity contribution in [2.75, 3.05) is 19.6 Å². The maximum atomic E-state index is 13.0. The largest absolute Gasteiger partial charge is 0.303 e. The second-order valence-corrected chi connectivity index (χ2v) is 6.22. The van der Waals surface area contributed by atoms with Crippen LogP contribution in [0.3, 0.4) is 0 Å². The highest BCUT2D eigenvalue weighted by molar-refractivity contribution is 5.97. The van der Waals surface area contributed by atoms with Crippen molar-refractivity contribution in [1.82, 2.24) is 4.90 Å². The first kappa shape index (κ1) is 15.9. The molecule has 0 saturated carbocycles. The van der Waals surface area contributed by atoms with E-state index in [2.05, 4.69) is 29.2 Å². The molecule has 3 heteroatoms. The van der Waals surface area contributed by atoms with Crippen LogP contribution in [0.5, 0.6) is 0 Å². The number of carbonyl (C=O) groups excluding carboxylic acids is 1. The smallest absolute Gasteiger partial charge is 0.166 e. The number of halogens is 1. The Morgan fingerprint density at radius 1 is 1.00 bits per heavy atom. The number of nitrogens with zero attached hydrogens (tertiary/aromatic N) is 1. The van der Waals surface area contributed by atoms with E-state index in [1.54, 1.807) is 12.1 Å². The normalized spacial score (nSPS) is 16.4. The molecule has 0 N–H and O–H groups in total. The molecular formula is C20H22FNO. The number of carbonyl (C=O) groups is 1. The molecule has 1 aliphatic rings. The highest BCUT2D eigenvalue weighted by atomic mass is 19.1. The standard InChI is InChI=1S/C20H22FNO/c21-19-8-6-17(7-9-19)20(23)18-11-14-22(15-12-18)13-10-16-4-2-1-3-5-16/h1-9,18H,10-15H2. The summed E-state index contributed by atoms with van der Waals surface area (Å²) in [7, 11) is 0. The average Bonchev–Trinajstić information content (AvgIpc) is 2.61. The molecule has 2 aromatic carbocycles. The highest BCUT2D eigenvalue weighted by Gasteiger charge is 2.25. The van der Waals surface area contributed by atoms with E-state index in [9.17, 15) is 9.18 Å². The summed E-state index contributed by atoms with van der Waals surface area (Å²) in [5.74, 6) is -0.0570. The molecule has 2 aromatic rings. The fourth-order valence-corrected chi connectivity index (χ4v) is 3.20. The minimum atomic E-state index is -0.294. The zero-order valence-corrected chi connectivity index (χ0v) is 13.2. The minimum absolute atomic E-state index is 0.0773. The summed E-state index contributed by atoms with van der Waals surface area (Å²) < 4.78 is 13.0. The fourth-order valence-electron chi connectivity index (χ4n) is 3.20. The number of hydrogen-bond donors (Lipinski definition) is 0. The molecular weight excluding hydrogens is 289 g/mol. The quantitative estimate of drug-likeness (QED) is 0.779. The first-order valence-electron chi connectivity index (χ1n) is 8.28. The molecule has 0 bridgehead atoms. The van der Waals surface area contributed by atoms with Crippen molar-refractivity contribution >= 4 is 5.78 Å². The summed E-state index contributed by atoms with van der Waals surface area (Å²) in [6.45, 7) is 2.97. The molecule has 1 aliphatic heterocycles. The zero-order valence-electron chi connectivity index (χ0n) is 13.2. The van der Waals surface area contributed by atoms with Crippen molar-refractivity contribution in [3.63, 3.8) is 0 Å². The maximum absolute atomic E-state index is 13.0. The molecule has 0 spiro atoms. The van der Waals surface area contributed by atoms with Crippen molar-refractivity contribution in [2.45, 2.75) is 19.3 Å². The van der Waals surface area contributed by atoms with Crippen LogP contribution < -0.4 is 0 Å². The second-order valence-electron chi connectivity index (χ2n) is 6.22. The molecule has 23 heavy (non-hydrogen) atoms. The lowest BCUT2D eigenvalue weighted by Crippen LogP contribution is -2.37. The van der Waals surface area contributed by atoms with Gasteiger partial charge in [-0.25, -0.2) is 4.39 Å². The maximum Gasteiger partial charge on any atom is 0.166 e. The SMILES string of the molecule is O=C(c1ccc(F)cc1)C1CCN(CCc2ccccc2)CC1. The van der Waals surface area contributed by atoms with Gasteiger partial charge < -0.3 is 4.90 Å². The Bertz CT molecular complexity index is 630. The first-order chi connectivity index (χ1) is 11.2. The molecule has 2 nitrogen and oxygen atoms in total. The molecule has 0 unspecified atom stereocenters. The predicted octanol–water partition coefficient (Wildman–Crippen LogP) is 3.96. The summed E-state index contributed by atoms with van der Waals surface area (Å²) in [5, 5.41) is 0.